The zero-order chi connectivity index (χ0) is 20.1. The SMILES string of the molecule is PPP(P(P)P)P(P(P)P)P(P(P(P)P)P(P)P)P(P(P)P)P(P)P. The zero-order valence-corrected chi connectivity index (χ0v) is 38.8. The van der Waals surface area contributed by atoms with Crippen LogP contribution in [0, 0.1) is 0 Å². The van der Waals surface area contributed by atoms with E-state index in [-0.39, 0.29) is 76.9 Å². The van der Waals surface area contributed by atoms with E-state index in [0.717, 1.165) is 7.96 Å². The van der Waals surface area contributed by atoms with Gasteiger partial charge in [-0.15, -0.1) is 116 Å². The van der Waals surface area contributed by atoms with E-state index < -0.39 is 0 Å². The molecule has 0 saturated carbocycles. The standard InChI is InChI=1S/H27P25/c1-14-21(15(2)3)24(20(12)13)25(22(16(4)5)17(6)7)23(18(8)9)19(10)11/h14H,1-13H2. The molecule has 0 aliphatic heterocycles. The van der Waals surface area contributed by atoms with E-state index in [9.17, 15) is 0 Å². The molecule has 0 amide bonds. The fraction of sp³-hybridized carbons (Fsp3) is 0. The minimum atomic E-state index is -0.00868. The first-order chi connectivity index (χ1) is 11.4. The van der Waals surface area contributed by atoms with Crippen molar-refractivity contribution >= 4 is 201 Å². The van der Waals surface area contributed by atoms with Gasteiger partial charge >= 0.3 is 0 Å². The first-order valence-corrected chi connectivity index (χ1v) is 50.5. The predicted molar refractivity (Wildman–Crippen MR) is 211 cm³/mol. The van der Waals surface area contributed by atoms with Crippen molar-refractivity contribution < 1.29 is 0 Å². The van der Waals surface area contributed by atoms with Gasteiger partial charge in [0.2, 0.25) is 0 Å². The van der Waals surface area contributed by atoms with E-state index in [2.05, 4.69) is 116 Å². The summed E-state index contributed by atoms with van der Waals surface area (Å²) in [6.07, 6.45) is 0. The molecule has 0 N–H and O–H groups in total. The minimum Gasteiger partial charge on any atom is -0.109 e. The lowest BCUT2D eigenvalue weighted by Gasteiger charge is -2.49. The number of hydrogen-bond acceptors (Lipinski definition) is 0. The summed E-state index contributed by atoms with van der Waals surface area (Å²) >= 11 is 0. The highest BCUT2D eigenvalue weighted by Gasteiger charge is 2.46. The van der Waals surface area contributed by atoms with Gasteiger partial charge in [-0.05, 0) is 76.9 Å². The highest BCUT2D eigenvalue weighted by atomic mass is 33.5. The molecule has 0 spiro atoms. The van der Waals surface area contributed by atoms with Gasteiger partial charge in [0.1, 0.15) is 0 Å². The van der Waals surface area contributed by atoms with Crippen LogP contribution in [0.4, 0.5) is 0 Å². The molecule has 0 rings (SSSR count). The van der Waals surface area contributed by atoms with Crippen molar-refractivity contribution in [1.82, 2.24) is 0 Å². The minimum absolute atomic E-state index is 0.00618. The third-order valence-corrected chi connectivity index (χ3v) is 163. The fourth-order valence-corrected chi connectivity index (χ4v) is 316. The Bertz CT molecular complexity index is 298. The van der Waals surface area contributed by atoms with Crippen molar-refractivity contribution in [3.05, 3.63) is 0 Å². The van der Waals surface area contributed by atoms with Crippen molar-refractivity contribution in [3.8, 4) is 0 Å². The van der Waals surface area contributed by atoms with Crippen LogP contribution in [-0.4, -0.2) is 0 Å². The highest BCUT2D eigenvalue weighted by Crippen LogP contribution is 3.34. The van der Waals surface area contributed by atoms with E-state index in [1.54, 1.807) is 0 Å². The molecular formula is H27P25. The Hall–Kier alpha value is 10.7. The average molecular weight is 802 g/mol. The summed E-state index contributed by atoms with van der Waals surface area (Å²) in [5, 5.41) is 0. The lowest BCUT2D eigenvalue weighted by Crippen LogP contribution is -1.60. The molecule has 152 valence electrons. The molecule has 16 atom stereocenters. The summed E-state index contributed by atoms with van der Waals surface area (Å²) in [7, 11) is 43.0. The normalized spacial score (nSPS) is 16.6. The van der Waals surface area contributed by atoms with Crippen LogP contribution in [0.3, 0.4) is 0 Å². The van der Waals surface area contributed by atoms with Crippen LogP contribution in [0.25, 0.3) is 0 Å². The lowest BCUT2D eigenvalue weighted by atomic mass is 28.5. The van der Waals surface area contributed by atoms with Gasteiger partial charge in [-0.2, -0.15) is 0 Å². The van der Waals surface area contributed by atoms with Crippen LogP contribution < -0.4 is 0 Å². The molecule has 25 heavy (non-hydrogen) atoms. The maximum atomic E-state index is 3.27. The number of rotatable bonds is 11. The van der Waals surface area contributed by atoms with Crippen LogP contribution in [-0.2, 0) is 0 Å². The Morgan fingerprint density at radius 1 is 0.360 bits per heavy atom. The van der Waals surface area contributed by atoms with Crippen LogP contribution in [0.15, 0.2) is 0 Å². The Labute approximate surface area is 199 Å². The number of hydrogen-bond donors (Lipinski definition) is 0. The van der Waals surface area contributed by atoms with Gasteiger partial charge in [0, 0.05) is 0 Å². The van der Waals surface area contributed by atoms with E-state index in [1.807, 2.05) is 0 Å². The van der Waals surface area contributed by atoms with Gasteiger partial charge in [0.15, 0.2) is 0 Å². The van der Waals surface area contributed by atoms with E-state index in [4.69, 9.17) is 0 Å². The summed E-state index contributed by atoms with van der Waals surface area (Å²) in [5.74, 6) is 0. The third-order valence-electron chi connectivity index (χ3n) is 2.02. The molecular weight excluding hydrogens is 774 g/mol. The molecule has 0 aliphatic rings. The monoisotopic (exact) mass is 802 g/mol. The van der Waals surface area contributed by atoms with Gasteiger partial charge < -0.3 is 0 Å². The molecule has 0 bridgehead atoms. The summed E-state index contributed by atoms with van der Waals surface area (Å²) in [6, 6.07) is 0. The molecule has 0 aromatic heterocycles. The summed E-state index contributed by atoms with van der Waals surface area (Å²) in [5.41, 5.74) is 0. The molecule has 0 aliphatic carbocycles. The quantitative estimate of drug-likeness (QED) is 0.183. The van der Waals surface area contributed by atoms with E-state index in [0.29, 0.717) is 0 Å². The van der Waals surface area contributed by atoms with Crippen LogP contribution in [0.2, 0.25) is 0 Å². The van der Waals surface area contributed by atoms with Gasteiger partial charge in [-0.1, -0.05) is 7.96 Å². The maximum absolute atomic E-state index is 3.27. The van der Waals surface area contributed by atoms with Crippen molar-refractivity contribution in [2.75, 3.05) is 0 Å². The first kappa shape index (κ1) is 35.8. The van der Waals surface area contributed by atoms with Crippen molar-refractivity contribution in [3.63, 3.8) is 0 Å². The second-order valence-corrected chi connectivity index (χ2v) is 102. The topological polar surface area (TPSA) is 0 Å². The van der Waals surface area contributed by atoms with Crippen molar-refractivity contribution in [2.45, 2.75) is 0 Å². The second kappa shape index (κ2) is 19.8. The van der Waals surface area contributed by atoms with E-state index >= 15 is 0 Å². The van der Waals surface area contributed by atoms with Crippen LogP contribution in [0.5, 0.6) is 0 Å². The molecule has 16 unspecified atom stereocenters. The molecule has 0 fully saturated rings. The van der Waals surface area contributed by atoms with Gasteiger partial charge in [0.25, 0.3) is 0 Å². The molecule has 25 heteroatoms. The molecule has 0 heterocycles. The molecule has 0 aromatic carbocycles. The summed E-state index contributed by atoms with van der Waals surface area (Å²) in [6.45, 7) is 0.548. The Morgan fingerprint density at radius 3 is 0.800 bits per heavy atom. The maximum Gasteiger partial charge on any atom is -0.000445 e. The first-order valence-electron chi connectivity index (χ1n) is 5.61. The predicted octanol–water partition coefficient (Wildman–Crippen LogP) is 14.3. The van der Waals surface area contributed by atoms with Crippen LogP contribution in [0.1, 0.15) is 0 Å². The highest BCUT2D eigenvalue weighted by molar-refractivity contribution is 9.40. The Balaban J connectivity index is 6.38. The van der Waals surface area contributed by atoms with Crippen LogP contribution >= 0.6 is 201 Å². The van der Waals surface area contributed by atoms with Gasteiger partial charge in [-0.3, -0.25) is 0 Å². The smallest absolute Gasteiger partial charge is 0.000445 e. The van der Waals surface area contributed by atoms with E-state index in [1.165, 1.54) is 0 Å². The Morgan fingerprint density at radius 2 is 0.640 bits per heavy atom. The second-order valence-electron chi connectivity index (χ2n) is 3.77. The molecule has 0 nitrogen and oxygen atoms in total. The zero-order valence-electron chi connectivity index (χ0n) is 12.9. The molecule has 0 aromatic rings. The summed E-state index contributed by atoms with van der Waals surface area (Å²) in [4.78, 5) is 0. The van der Waals surface area contributed by atoms with Gasteiger partial charge in [0.05, 0.1) is 0 Å². The van der Waals surface area contributed by atoms with Crippen molar-refractivity contribution in [2.24, 2.45) is 0 Å². The average Bonchev–Trinajstić information content (AvgIpc) is 2.41. The largest absolute Gasteiger partial charge is 0.109 e. The summed E-state index contributed by atoms with van der Waals surface area (Å²) < 4.78 is 0. The molecule has 0 radical (unpaired) electrons. The third kappa shape index (κ3) is 13.4. The molecule has 0 saturated heterocycles. The Kier molecular flexibility index (Phi) is 28.3. The van der Waals surface area contributed by atoms with Gasteiger partial charge in [-0.25, -0.2) is 0 Å². The fourth-order valence-electron chi connectivity index (χ4n) is 1.30. The van der Waals surface area contributed by atoms with Crippen molar-refractivity contribution in [1.29, 1.82) is 0 Å². The lowest BCUT2D eigenvalue weighted by molar-refractivity contribution is 4.45.